The second kappa shape index (κ2) is 9.95. The molecule has 5 rings (SSSR count). The number of ether oxygens (including phenoxy) is 1. The van der Waals surface area contributed by atoms with Gasteiger partial charge in [-0.05, 0) is 50.2 Å². The van der Waals surface area contributed by atoms with E-state index in [2.05, 4.69) is 63.6 Å². The molecule has 186 valence electrons. The molecular weight excluding hydrogens is 440 g/mol. The van der Waals surface area contributed by atoms with Crippen molar-refractivity contribution in [3.05, 3.63) is 65.0 Å². The summed E-state index contributed by atoms with van der Waals surface area (Å²) < 4.78 is 11.9. The lowest BCUT2D eigenvalue weighted by molar-refractivity contribution is 0.0816. The summed E-state index contributed by atoms with van der Waals surface area (Å²) in [5.74, 6) is 2.10. The number of para-hydroxylation sites is 1. The van der Waals surface area contributed by atoms with Gasteiger partial charge >= 0.3 is 0 Å². The highest BCUT2D eigenvalue weighted by atomic mass is 16.5. The summed E-state index contributed by atoms with van der Waals surface area (Å²) in [6, 6.07) is 8.49. The van der Waals surface area contributed by atoms with Crippen molar-refractivity contribution in [1.82, 2.24) is 30.5 Å². The molecule has 1 aliphatic heterocycles. The Hall–Kier alpha value is -2.97. The van der Waals surface area contributed by atoms with Crippen molar-refractivity contribution < 1.29 is 9.15 Å². The second-order valence-electron chi connectivity index (χ2n) is 9.64. The molecule has 0 saturated carbocycles. The van der Waals surface area contributed by atoms with E-state index in [1.165, 1.54) is 10.9 Å². The van der Waals surface area contributed by atoms with Crippen molar-refractivity contribution >= 4 is 10.9 Å². The minimum absolute atomic E-state index is 0.0110. The molecule has 35 heavy (non-hydrogen) atoms. The molecule has 0 bridgehead atoms. The number of benzene rings is 1. The molecule has 3 aromatic heterocycles. The van der Waals surface area contributed by atoms with Crippen LogP contribution in [0.3, 0.4) is 0 Å². The van der Waals surface area contributed by atoms with Gasteiger partial charge in [-0.3, -0.25) is 5.32 Å². The topological polar surface area (TPSA) is 105 Å². The molecule has 4 aromatic rings. The van der Waals surface area contributed by atoms with E-state index in [1.807, 2.05) is 20.2 Å². The number of hydrogen-bond donors (Lipinski definition) is 3. The molecule has 3 N–H and O–H groups in total. The number of imidazole rings is 1. The molecule has 0 spiro atoms. The maximum Gasteiger partial charge on any atom is 0.242 e. The quantitative estimate of drug-likeness (QED) is 0.288. The molecule has 4 heterocycles. The lowest BCUT2D eigenvalue weighted by atomic mass is 9.79. The van der Waals surface area contributed by atoms with E-state index in [0.29, 0.717) is 11.8 Å². The van der Waals surface area contributed by atoms with Crippen LogP contribution in [-0.4, -0.2) is 38.4 Å². The molecule has 3 atom stereocenters. The van der Waals surface area contributed by atoms with E-state index in [1.54, 1.807) is 0 Å². The summed E-state index contributed by atoms with van der Waals surface area (Å²) in [5, 5.41) is 13.9. The third kappa shape index (κ3) is 4.41. The largest absolute Gasteiger partial charge is 0.423 e. The van der Waals surface area contributed by atoms with Crippen LogP contribution in [0.2, 0.25) is 0 Å². The molecule has 0 saturated heterocycles. The number of H-pyrrole nitrogens is 2. The normalized spacial score (nSPS) is 20.9. The van der Waals surface area contributed by atoms with E-state index in [-0.39, 0.29) is 12.1 Å². The van der Waals surface area contributed by atoms with Crippen LogP contribution in [-0.2, 0) is 23.1 Å². The fraction of sp³-hybridized carbons (Fsp3) is 0.519. The first-order valence-corrected chi connectivity index (χ1v) is 12.8. The molecule has 0 aliphatic carbocycles. The van der Waals surface area contributed by atoms with Crippen molar-refractivity contribution in [2.75, 3.05) is 7.11 Å². The molecule has 0 radical (unpaired) electrons. The Balaban J connectivity index is 1.61. The third-order valence-electron chi connectivity index (χ3n) is 7.34. The average Bonchev–Trinajstić information content (AvgIpc) is 3.62. The van der Waals surface area contributed by atoms with Crippen LogP contribution in [0, 0.1) is 6.92 Å². The van der Waals surface area contributed by atoms with Crippen LogP contribution in [0.4, 0.5) is 0 Å². The van der Waals surface area contributed by atoms with Crippen LogP contribution in [0.25, 0.3) is 10.9 Å². The van der Waals surface area contributed by atoms with Crippen LogP contribution < -0.4 is 5.32 Å². The summed E-state index contributed by atoms with van der Waals surface area (Å²) in [7, 11) is 1.81. The summed E-state index contributed by atoms with van der Waals surface area (Å²) in [5.41, 5.74) is 4.00. The van der Waals surface area contributed by atoms with Gasteiger partial charge < -0.3 is 19.1 Å². The Morgan fingerprint density at radius 2 is 2.03 bits per heavy atom. The lowest BCUT2D eigenvalue weighted by Crippen LogP contribution is -2.50. The number of aromatic amines is 2. The van der Waals surface area contributed by atoms with E-state index >= 15 is 0 Å². The second-order valence-corrected chi connectivity index (χ2v) is 9.64. The fourth-order valence-corrected chi connectivity index (χ4v) is 5.54. The van der Waals surface area contributed by atoms with Gasteiger partial charge in [-0.2, -0.15) is 0 Å². The number of nitrogens with one attached hydrogen (secondary N) is 3. The highest BCUT2D eigenvalue weighted by molar-refractivity contribution is 5.85. The van der Waals surface area contributed by atoms with Gasteiger partial charge in [0.15, 0.2) is 0 Å². The van der Waals surface area contributed by atoms with Crippen LogP contribution >= 0.6 is 0 Å². The average molecular weight is 477 g/mol. The minimum Gasteiger partial charge on any atom is -0.423 e. The van der Waals surface area contributed by atoms with Crippen molar-refractivity contribution in [3.8, 4) is 0 Å². The number of aromatic nitrogens is 5. The molecule has 8 nitrogen and oxygen atoms in total. The summed E-state index contributed by atoms with van der Waals surface area (Å²) in [4.78, 5) is 12.0. The smallest absolute Gasteiger partial charge is 0.242 e. The molecule has 3 unspecified atom stereocenters. The highest BCUT2D eigenvalue weighted by Gasteiger charge is 2.48. The van der Waals surface area contributed by atoms with Crippen LogP contribution in [0.15, 0.2) is 34.9 Å². The predicted molar refractivity (Wildman–Crippen MR) is 135 cm³/mol. The molecule has 1 aromatic carbocycles. The zero-order chi connectivity index (χ0) is 24.4. The Morgan fingerprint density at radius 3 is 2.74 bits per heavy atom. The van der Waals surface area contributed by atoms with E-state index < -0.39 is 5.54 Å². The Morgan fingerprint density at radius 1 is 1.17 bits per heavy atom. The summed E-state index contributed by atoms with van der Waals surface area (Å²) in [6.45, 7) is 6.18. The van der Waals surface area contributed by atoms with Crippen molar-refractivity contribution in [2.24, 2.45) is 0 Å². The first-order valence-electron chi connectivity index (χ1n) is 12.8. The van der Waals surface area contributed by atoms with Gasteiger partial charge in [0.1, 0.15) is 11.4 Å². The van der Waals surface area contributed by atoms with E-state index in [4.69, 9.17) is 14.1 Å². The highest BCUT2D eigenvalue weighted by Crippen LogP contribution is 2.45. The lowest BCUT2D eigenvalue weighted by Gasteiger charge is -2.39. The van der Waals surface area contributed by atoms with Gasteiger partial charge in [-0.25, -0.2) is 4.98 Å². The van der Waals surface area contributed by atoms with Crippen molar-refractivity contribution in [3.63, 3.8) is 0 Å². The van der Waals surface area contributed by atoms with Crippen LogP contribution in [0.5, 0.6) is 0 Å². The van der Waals surface area contributed by atoms with Gasteiger partial charge in [0, 0.05) is 42.5 Å². The van der Waals surface area contributed by atoms with Crippen molar-refractivity contribution in [2.45, 2.75) is 83.4 Å². The number of aryl methyl sites for hydroxylation is 2. The van der Waals surface area contributed by atoms with E-state index in [0.717, 1.165) is 67.7 Å². The standard InChI is InChI=1S/C27H36N6O2/c1-5-10-19(34-4)11-9-14-27(26-33-32-17(3)35-26)24-21(20-12-7-8-13-22(20)30-24)15-23(31-27)25-28-16-18(6-2)29-25/h7-8,12-13,16,19,23,30-31H,5-6,9-11,14-15H2,1-4H3,(H,28,29). The maximum absolute atomic E-state index is 6.15. The molecule has 8 heteroatoms. The van der Waals surface area contributed by atoms with Crippen molar-refractivity contribution in [1.29, 1.82) is 0 Å². The third-order valence-corrected chi connectivity index (χ3v) is 7.34. The number of fused-ring (bicyclic) bond motifs is 3. The maximum atomic E-state index is 6.15. The first kappa shape index (κ1) is 23.8. The van der Waals surface area contributed by atoms with Crippen LogP contribution in [0.1, 0.15) is 86.6 Å². The number of rotatable bonds is 10. The summed E-state index contributed by atoms with van der Waals surface area (Å²) in [6.07, 6.45) is 8.82. The SMILES string of the molecule is CCCC(CCCC1(c2nnc(C)o2)NC(c2ncc(CC)[nH]2)Cc2c1[nH]c1ccccc21)OC. The number of methoxy groups -OCH3 is 1. The van der Waals surface area contributed by atoms with Gasteiger partial charge in [-0.15, -0.1) is 10.2 Å². The zero-order valence-corrected chi connectivity index (χ0v) is 21.1. The van der Waals surface area contributed by atoms with Gasteiger partial charge in [0.25, 0.3) is 0 Å². The monoisotopic (exact) mass is 476 g/mol. The number of nitrogens with zero attached hydrogens (tertiary/aromatic N) is 3. The zero-order valence-electron chi connectivity index (χ0n) is 21.1. The molecular formula is C27H36N6O2. The van der Waals surface area contributed by atoms with E-state index in [9.17, 15) is 0 Å². The van der Waals surface area contributed by atoms with Gasteiger partial charge in [0.05, 0.1) is 12.1 Å². The Bertz CT molecular complexity index is 1270. The predicted octanol–water partition coefficient (Wildman–Crippen LogP) is 5.26. The number of hydrogen-bond acceptors (Lipinski definition) is 6. The molecule has 1 aliphatic rings. The van der Waals surface area contributed by atoms with Gasteiger partial charge in [0.2, 0.25) is 11.8 Å². The van der Waals surface area contributed by atoms with Gasteiger partial charge in [-0.1, -0.05) is 38.5 Å². The molecule has 0 fully saturated rings. The first-order chi connectivity index (χ1) is 17.1. The Labute approximate surface area is 206 Å². The fourth-order valence-electron chi connectivity index (χ4n) is 5.54. The summed E-state index contributed by atoms with van der Waals surface area (Å²) >= 11 is 0. The minimum atomic E-state index is -0.651. The Kier molecular flexibility index (Phi) is 6.75. The molecule has 0 amide bonds.